The van der Waals surface area contributed by atoms with Gasteiger partial charge in [-0.3, -0.25) is 4.79 Å². The average Bonchev–Trinajstić information content (AvgIpc) is 2.60. The van der Waals surface area contributed by atoms with Crippen molar-refractivity contribution in [3.8, 4) is 11.5 Å². The summed E-state index contributed by atoms with van der Waals surface area (Å²) in [6.45, 7) is 1.29. The maximum atomic E-state index is 12.2. The quantitative estimate of drug-likeness (QED) is 0.581. The van der Waals surface area contributed by atoms with Crippen LogP contribution in [-0.4, -0.2) is 31.6 Å². The van der Waals surface area contributed by atoms with Gasteiger partial charge < -0.3 is 14.2 Å². The highest BCUT2D eigenvalue weighted by atomic mass is 16.6. The molecule has 2 aromatic rings. The molecule has 0 amide bonds. The molecular weight excluding hydrogens is 296 g/mol. The number of esters is 1. The summed E-state index contributed by atoms with van der Waals surface area (Å²) >= 11 is 0. The lowest BCUT2D eigenvalue weighted by atomic mass is 10.1. The minimum Gasteiger partial charge on any atom is -0.497 e. The zero-order valence-corrected chi connectivity index (χ0v) is 13.0. The Kier molecular flexibility index (Phi) is 5.74. The minimum atomic E-state index is -0.879. The largest absolute Gasteiger partial charge is 0.497 e. The van der Waals surface area contributed by atoms with Crippen LogP contribution in [0.2, 0.25) is 0 Å². The van der Waals surface area contributed by atoms with Crippen LogP contribution in [0.4, 0.5) is 0 Å². The molecule has 23 heavy (non-hydrogen) atoms. The molecule has 2 aromatic carbocycles. The van der Waals surface area contributed by atoms with Crippen molar-refractivity contribution < 1.29 is 23.8 Å². The normalized spacial score (nSPS) is 11.4. The fourth-order valence-corrected chi connectivity index (χ4v) is 1.93. The van der Waals surface area contributed by atoms with Gasteiger partial charge in [0.2, 0.25) is 5.78 Å². The molecule has 1 unspecified atom stereocenters. The first kappa shape index (κ1) is 16.5. The average molecular weight is 314 g/mol. The second kappa shape index (κ2) is 7.98. The molecule has 1 atom stereocenters. The lowest BCUT2D eigenvalue weighted by molar-refractivity contribution is -0.148. The van der Waals surface area contributed by atoms with Crippen LogP contribution in [0.25, 0.3) is 0 Å². The van der Waals surface area contributed by atoms with Gasteiger partial charge in [-0.05, 0) is 43.3 Å². The van der Waals surface area contributed by atoms with Crippen LogP contribution >= 0.6 is 0 Å². The van der Waals surface area contributed by atoms with Crippen molar-refractivity contribution in [2.75, 3.05) is 13.7 Å². The second-order valence-electron chi connectivity index (χ2n) is 4.83. The van der Waals surface area contributed by atoms with Crippen LogP contribution in [0.5, 0.6) is 11.5 Å². The summed E-state index contributed by atoms with van der Waals surface area (Å²) in [5.41, 5.74) is 0.454. The van der Waals surface area contributed by atoms with E-state index in [1.54, 1.807) is 55.6 Å². The van der Waals surface area contributed by atoms with Gasteiger partial charge in [-0.2, -0.15) is 0 Å². The van der Waals surface area contributed by atoms with E-state index < -0.39 is 12.1 Å². The molecule has 0 aliphatic carbocycles. The summed E-state index contributed by atoms with van der Waals surface area (Å²) in [5.74, 6) is 0.352. The molecule has 0 radical (unpaired) electrons. The highest BCUT2D eigenvalue weighted by molar-refractivity contribution is 6.00. The zero-order chi connectivity index (χ0) is 16.7. The predicted molar refractivity (Wildman–Crippen MR) is 84.8 cm³/mol. The molecule has 2 rings (SSSR count). The van der Waals surface area contributed by atoms with Crippen molar-refractivity contribution in [2.45, 2.75) is 13.0 Å². The molecule has 0 N–H and O–H groups in total. The summed E-state index contributed by atoms with van der Waals surface area (Å²) in [7, 11) is 1.55. The third-order valence-electron chi connectivity index (χ3n) is 3.15. The van der Waals surface area contributed by atoms with E-state index in [0.29, 0.717) is 17.1 Å². The van der Waals surface area contributed by atoms with E-state index in [4.69, 9.17) is 14.2 Å². The first-order valence-electron chi connectivity index (χ1n) is 7.15. The van der Waals surface area contributed by atoms with Crippen LogP contribution in [0.15, 0.2) is 54.6 Å². The van der Waals surface area contributed by atoms with Crippen molar-refractivity contribution in [3.05, 3.63) is 60.2 Å². The van der Waals surface area contributed by atoms with E-state index in [-0.39, 0.29) is 12.4 Å². The standard InChI is InChI=1S/C18H18O5/c1-13(18(20)14-8-10-15(21-2)11-9-14)23-17(19)12-22-16-6-4-3-5-7-16/h3-11,13H,12H2,1-2H3. The van der Waals surface area contributed by atoms with Crippen LogP contribution in [0.1, 0.15) is 17.3 Å². The summed E-state index contributed by atoms with van der Waals surface area (Å²) in [4.78, 5) is 23.9. The summed E-state index contributed by atoms with van der Waals surface area (Å²) in [5, 5.41) is 0. The lowest BCUT2D eigenvalue weighted by Crippen LogP contribution is -2.27. The second-order valence-corrected chi connectivity index (χ2v) is 4.83. The number of rotatable bonds is 7. The number of carbonyl (C=O) groups is 2. The Hall–Kier alpha value is -2.82. The zero-order valence-electron chi connectivity index (χ0n) is 13.0. The van der Waals surface area contributed by atoms with Gasteiger partial charge in [-0.1, -0.05) is 18.2 Å². The van der Waals surface area contributed by atoms with Gasteiger partial charge in [0.1, 0.15) is 11.5 Å². The molecule has 0 spiro atoms. The first-order chi connectivity index (χ1) is 11.1. The highest BCUT2D eigenvalue weighted by Crippen LogP contribution is 2.14. The van der Waals surface area contributed by atoms with E-state index in [9.17, 15) is 9.59 Å². The molecule has 0 saturated carbocycles. The SMILES string of the molecule is COc1ccc(C(=O)C(C)OC(=O)COc2ccccc2)cc1. The molecule has 5 nitrogen and oxygen atoms in total. The van der Waals surface area contributed by atoms with Crippen LogP contribution in [0.3, 0.4) is 0 Å². The van der Waals surface area contributed by atoms with Gasteiger partial charge in [-0.25, -0.2) is 4.79 Å². The minimum absolute atomic E-state index is 0.246. The maximum Gasteiger partial charge on any atom is 0.344 e. The number of carbonyl (C=O) groups excluding carboxylic acids is 2. The number of benzene rings is 2. The van der Waals surface area contributed by atoms with Gasteiger partial charge in [0.25, 0.3) is 0 Å². The fraction of sp³-hybridized carbons (Fsp3) is 0.222. The molecule has 120 valence electrons. The number of hydrogen-bond acceptors (Lipinski definition) is 5. The van der Waals surface area contributed by atoms with E-state index >= 15 is 0 Å². The molecule has 0 fully saturated rings. The van der Waals surface area contributed by atoms with Crippen molar-refractivity contribution in [3.63, 3.8) is 0 Å². The molecule has 0 aromatic heterocycles. The topological polar surface area (TPSA) is 61.8 Å². The van der Waals surface area contributed by atoms with E-state index in [1.807, 2.05) is 6.07 Å². The molecule has 0 aliphatic rings. The van der Waals surface area contributed by atoms with E-state index in [1.165, 1.54) is 6.92 Å². The van der Waals surface area contributed by atoms with Gasteiger partial charge in [0.05, 0.1) is 7.11 Å². The third kappa shape index (κ3) is 4.85. The maximum absolute atomic E-state index is 12.2. The predicted octanol–water partition coefficient (Wildman–Crippen LogP) is 2.89. The van der Waals surface area contributed by atoms with E-state index in [2.05, 4.69) is 0 Å². The Morgan fingerprint density at radius 2 is 1.61 bits per heavy atom. The van der Waals surface area contributed by atoms with Gasteiger partial charge in [0.15, 0.2) is 12.7 Å². The number of ketones is 1. The van der Waals surface area contributed by atoms with Crippen LogP contribution < -0.4 is 9.47 Å². The summed E-state index contributed by atoms with van der Waals surface area (Å²) in [6.07, 6.45) is -0.879. The van der Waals surface area contributed by atoms with Crippen molar-refractivity contribution in [1.82, 2.24) is 0 Å². The molecular formula is C18H18O5. The number of hydrogen-bond donors (Lipinski definition) is 0. The van der Waals surface area contributed by atoms with Gasteiger partial charge >= 0.3 is 5.97 Å². The van der Waals surface area contributed by atoms with Crippen molar-refractivity contribution >= 4 is 11.8 Å². The Labute approximate surface area is 134 Å². The van der Waals surface area contributed by atoms with Crippen molar-refractivity contribution in [2.24, 2.45) is 0 Å². The molecule has 5 heteroatoms. The highest BCUT2D eigenvalue weighted by Gasteiger charge is 2.19. The number of ether oxygens (including phenoxy) is 3. The van der Waals surface area contributed by atoms with Crippen LogP contribution in [-0.2, 0) is 9.53 Å². The smallest absolute Gasteiger partial charge is 0.344 e. The summed E-state index contributed by atoms with van der Waals surface area (Å²) < 4.78 is 15.4. The third-order valence-corrected chi connectivity index (χ3v) is 3.15. The van der Waals surface area contributed by atoms with Gasteiger partial charge in [0, 0.05) is 5.56 Å². The Bertz CT molecular complexity index is 649. The molecule has 0 heterocycles. The number of methoxy groups -OCH3 is 1. The number of Topliss-reactive ketones (excluding diaryl/α,β-unsaturated/α-hetero) is 1. The molecule has 0 saturated heterocycles. The molecule has 0 bridgehead atoms. The Balaban J connectivity index is 1.85. The Morgan fingerprint density at radius 3 is 2.22 bits per heavy atom. The fourth-order valence-electron chi connectivity index (χ4n) is 1.93. The molecule has 0 aliphatic heterocycles. The van der Waals surface area contributed by atoms with Gasteiger partial charge in [-0.15, -0.1) is 0 Å². The van der Waals surface area contributed by atoms with Crippen LogP contribution in [0, 0.1) is 0 Å². The monoisotopic (exact) mass is 314 g/mol. The van der Waals surface area contributed by atoms with Crippen molar-refractivity contribution in [1.29, 1.82) is 0 Å². The lowest BCUT2D eigenvalue weighted by Gasteiger charge is -2.13. The first-order valence-corrected chi connectivity index (χ1v) is 7.15. The number of para-hydroxylation sites is 1. The van der Waals surface area contributed by atoms with E-state index in [0.717, 1.165) is 0 Å². The Morgan fingerprint density at radius 1 is 0.957 bits per heavy atom. The summed E-state index contributed by atoms with van der Waals surface area (Å²) in [6, 6.07) is 15.5.